The van der Waals surface area contributed by atoms with Crippen molar-refractivity contribution in [2.75, 3.05) is 13.1 Å². The maximum Gasteiger partial charge on any atom is 0.323 e. The molecular formula is C14H18N2O4. The zero-order valence-corrected chi connectivity index (χ0v) is 11.4. The number of nitro groups is 1. The van der Waals surface area contributed by atoms with E-state index in [1.807, 2.05) is 4.90 Å². The molecule has 1 saturated heterocycles. The fourth-order valence-electron chi connectivity index (χ4n) is 2.67. The van der Waals surface area contributed by atoms with Gasteiger partial charge in [0, 0.05) is 18.7 Å². The van der Waals surface area contributed by atoms with E-state index in [1.165, 1.54) is 12.1 Å². The molecule has 0 radical (unpaired) electrons. The first-order valence-corrected chi connectivity index (χ1v) is 6.65. The van der Waals surface area contributed by atoms with Crippen molar-refractivity contribution in [3.63, 3.8) is 0 Å². The Hall–Kier alpha value is -1.95. The summed E-state index contributed by atoms with van der Waals surface area (Å²) in [7, 11) is 0. The number of non-ortho nitro benzene ring substituents is 1. The van der Waals surface area contributed by atoms with Crippen molar-refractivity contribution in [1.29, 1.82) is 0 Å². The summed E-state index contributed by atoms with van der Waals surface area (Å²) in [5.74, 6) is -0.779. The largest absolute Gasteiger partial charge is 0.480 e. The molecule has 6 heteroatoms. The molecule has 1 aromatic carbocycles. The standard InChI is InChI=1S/C14H18N2O4/c1-14(13(17)18)8-2-9-15(14)10-7-11-3-5-12(6-4-11)16(19)20/h3-6H,2,7-10H2,1H3,(H,17,18). The van der Waals surface area contributed by atoms with Crippen molar-refractivity contribution in [2.45, 2.75) is 31.7 Å². The van der Waals surface area contributed by atoms with Crippen molar-refractivity contribution < 1.29 is 14.8 Å². The minimum atomic E-state index is -0.779. The van der Waals surface area contributed by atoms with Crippen LogP contribution in [0.2, 0.25) is 0 Å². The predicted octanol–water partition coefficient (Wildman–Crippen LogP) is 2.08. The Bertz CT molecular complexity index is 514. The third-order valence-electron chi connectivity index (χ3n) is 4.07. The molecule has 0 spiro atoms. The fourth-order valence-corrected chi connectivity index (χ4v) is 2.67. The molecule has 0 amide bonds. The number of carbonyl (C=O) groups is 1. The van der Waals surface area contributed by atoms with E-state index in [2.05, 4.69) is 0 Å². The molecule has 1 fully saturated rings. The molecule has 6 nitrogen and oxygen atoms in total. The number of carboxylic acids is 1. The molecule has 0 aliphatic carbocycles. The van der Waals surface area contributed by atoms with Gasteiger partial charge in [-0.05, 0) is 38.3 Å². The van der Waals surface area contributed by atoms with Gasteiger partial charge in [-0.1, -0.05) is 12.1 Å². The molecule has 1 aliphatic heterocycles. The third kappa shape index (κ3) is 2.80. The fraction of sp³-hybridized carbons (Fsp3) is 0.500. The Morgan fingerprint density at radius 3 is 2.65 bits per heavy atom. The summed E-state index contributed by atoms with van der Waals surface area (Å²) >= 11 is 0. The molecule has 1 N–H and O–H groups in total. The summed E-state index contributed by atoms with van der Waals surface area (Å²) < 4.78 is 0. The predicted molar refractivity (Wildman–Crippen MR) is 73.6 cm³/mol. The summed E-state index contributed by atoms with van der Waals surface area (Å²) in [6.07, 6.45) is 2.26. The SMILES string of the molecule is CC1(C(=O)O)CCCN1CCc1ccc([N+](=O)[O-])cc1. The second kappa shape index (κ2) is 5.58. The Morgan fingerprint density at radius 2 is 2.10 bits per heavy atom. The third-order valence-corrected chi connectivity index (χ3v) is 4.07. The Kier molecular flexibility index (Phi) is 4.04. The summed E-state index contributed by atoms with van der Waals surface area (Å²) in [5.41, 5.74) is 0.279. The smallest absolute Gasteiger partial charge is 0.323 e. The van der Waals surface area contributed by atoms with Gasteiger partial charge in [0.2, 0.25) is 0 Å². The normalized spacial score (nSPS) is 22.9. The number of nitro benzene ring substituents is 1. The van der Waals surface area contributed by atoms with Crippen LogP contribution in [0.15, 0.2) is 24.3 Å². The minimum Gasteiger partial charge on any atom is -0.480 e. The van der Waals surface area contributed by atoms with Crippen molar-refractivity contribution in [1.82, 2.24) is 4.90 Å². The number of aliphatic carboxylic acids is 1. The number of rotatable bonds is 5. The first-order valence-electron chi connectivity index (χ1n) is 6.65. The summed E-state index contributed by atoms with van der Waals surface area (Å²) in [5, 5.41) is 19.9. The first kappa shape index (κ1) is 14.5. The zero-order valence-electron chi connectivity index (χ0n) is 11.4. The zero-order chi connectivity index (χ0) is 14.8. The first-order chi connectivity index (χ1) is 9.43. The summed E-state index contributed by atoms with van der Waals surface area (Å²) in [4.78, 5) is 23.5. The van der Waals surface area contributed by atoms with Crippen LogP contribution in [0.1, 0.15) is 25.3 Å². The molecule has 20 heavy (non-hydrogen) atoms. The quantitative estimate of drug-likeness (QED) is 0.658. The van der Waals surface area contributed by atoms with Crippen molar-refractivity contribution >= 4 is 11.7 Å². The van der Waals surface area contributed by atoms with Crippen LogP contribution in [0.25, 0.3) is 0 Å². The number of likely N-dealkylation sites (tertiary alicyclic amines) is 1. The van der Waals surface area contributed by atoms with Crippen LogP contribution in [-0.4, -0.2) is 39.5 Å². The second-order valence-corrected chi connectivity index (χ2v) is 5.34. The van der Waals surface area contributed by atoms with Crippen LogP contribution in [0.4, 0.5) is 5.69 Å². The van der Waals surface area contributed by atoms with Crippen molar-refractivity contribution in [3.8, 4) is 0 Å². The Morgan fingerprint density at radius 1 is 1.45 bits per heavy atom. The number of nitrogens with zero attached hydrogens (tertiary/aromatic N) is 2. The molecule has 1 aliphatic rings. The van der Waals surface area contributed by atoms with Gasteiger partial charge in [-0.3, -0.25) is 19.8 Å². The molecule has 2 rings (SSSR count). The molecule has 1 atom stereocenters. The van der Waals surface area contributed by atoms with Crippen LogP contribution < -0.4 is 0 Å². The maximum absolute atomic E-state index is 11.3. The van der Waals surface area contributed by atoms with E-state index < -0.39 is 16.4 Å². The van der Waals surface area contributed by atoms with E-state index in [1.54, 1.807) is 19.1 Å². The highest BCUT2D eigenvalue weighted by Crippen LogP contribution is 2.29. The number of hydrogen-bond acceptors (Lipinski definition) is 4. The highest BCUT2D eigenvalue weighted by molar-refractivity contribution is 5.78. The molecule has 0 aromatic heterocycles. The van der Waals surface area contributed by atoms with Gasteiger partial charge in [0.1, 0.15) is 5.54 Å². The summed E-state index contributed by atoms with van der Waals surface area (Å²) in [6, 6.07) is 6.42. The molecular weight excluding hydrogens is 260 g/mol. The maximum atomic E-state index is 11.3. The molecule has 0 bridgehead atoms. The van der Waals surface area contributed by atoms with Crippen molar-refractivity contribution in [3.05, 3.63) is 39.9 Å². The lowest BCUT2D eigenvalue weighted by Gasteiger charge is -2.31. The van der Waals surface area contributed by atoms with Gasteiger partial charge in [-0.2, -0.15) is 0 Å². The monoisotopic (exact) mass is 278 g/mol. The van der Waals surface area contributed by atoms with Gasteiger partial charge >= 0.3 is 5.97 Å². The highest BCUT2D eigenvalue weighted by atomic mass is 16.6. The van der Waals surface area contributed by atoms with E-state index in [0.29, 0.717) is 19.4 Å². The number of hydrogen-bond donors (Lipinski definition) is 1. The average molecular weight is 278 g/mol. The van der Waals surface area contributed by atoms with Gasteiger partial charge in [0.15, 0.2) is 0 Å². The molecule has 1 heterocycles. The average Bonchev–Trinajstić information content (AvgIpc) is 2.79. The van der Waals surface area contributed by atoms with Gasteiger partial charge in [-0.15, -0.1) is 0 Å². The molecule has 1 aromatic rings. The molecule has 1 unspecified atom stereocenters. The van der Waals surface area contributed by atoms with Crippen LogP contribution in [0, 0.1) is 10.1 Å². The van der Waals surface area contributed by atoms with Crippen LogP contribution in [-0.2, 0) is 11.2 Å². The lowest BCUT2D eigenvalue weighted by atomic mass is 9.99. The van der Waals surface area contributed by atoms with E-state index in [4.69, 9.17) is 0 Å². The van der Waals surface area contributed by atoms with Gasteiger partial charge in [0.25, 0.3) is 5.69 Å². The summed E-state index contributed by atoms with van der Waals surface area (Å²) in [6.45, 7) is 3.20. The van der Waals surface area contributed by atoms with Crippen molar-refractivity contribution in [2.24, 2.45) is 0 Å². The van der Waals surface area contributed by atoms with E-state index in [9.17, 15) is 20.0 Å². The molecule has 0 saturated carbocycles. The van der Waals surface area contributed by atoms with Crippen LogP contribution in [0.3, 0.4) is 0 Å². The van der Waals surface area contributed by atoms with Gasteiger partial charge < -0.3 is 5.11 Å². The minimum absolute atomic E-state index is 0.0743. The van der Waals surface area contributed by atoms with E-state index in [-0.39, 0.29) is 5.69 Å². The lowest BCUT2D eigenvalue weighted by Crippen LogP contribution is -2.48. The second-order valence-electron chi connectivity index (χ2n) is 5.34. The van der Waals surface area contributed by atoms with E-state index in [0.717, 1.165) is 18.5 Å². The Balaban J connectivity index is 1.98. The van der Waals surface area contributed by atoms with Crippen LogP contribution >= 0.6 is 0 Å². The number of benzene rings is 1. The van der Waals surface area contributed by atoms with Crippen LogP contribution in [0.5, 0.6) is 0 Å². The Labute approximate surface area is 117 Å². The lowest BCUT2D eigenvalue weighted by molar-refractivity contribution is -0.384. The molecule has 108 valence electrons. The number of carboxylic acid groups (broad SMARTS) is 1. The topological polar surface area (TPSA) is 83.7 Å². The highest BCUT2D eigenvalue weighted by Gasteiger charge is 2.42. The van der Waals surface area contributed by atoms with Gasteiger partial charge in [-0.25, -0.2) is 0 Å². The van der Waals surface area contributed by atoms with E-state index >= 15 is 0 Å². The van der Waals surface area contributed by atoms with Gasteiger partial charge in [0.05, 0.1) is 4.92 Å².